The highest BCUT2D eigenvalue weighted by atomic mass is 16.5. The van der Waals surface area contributed by atoms with E-state index in [0.717, 1.165) is 35.0 Å². The van der Waals surface area contributed by atoms with Gasteiger partial charge in [0.2, 0.25) is 0 Å². The molecule has 1 aromatic heterocycles. The number of rotatable bonds is 2. The van der Waals surface area contributed by atoms with E-state index in [1.54, 1.807) is 0 Å². The summed E-state index contributed by atoms with van der Waals surface area (Å²) in [5, 5.41) is 10.3. The van der Waals surface area contributed by atoms with Crippen LogP contribution < -0.4 is 5.69 Å². The van der Waals surface area contributed by atoms with Gasteiger partial charge >= 0.3 is 5.69 Å². The second-order valence-corrected chi connectivity index (χ2v) is 4.83. The summed E-state index contributed by atoms with van der Waals surface area (Å²) in [7, 11) is 0. The molecule has 0 spiro atoms. The van der Waals surface area contributed by atoms with Crippen LogP contribution in [-0.2, 0) is 4.74 Å². The van der Waals surface area contributed by atoms with Gasteiger partial charge < -0.3 is 19.8 Å². The Hall–Kier alpha value is -1.59. The van der Waals surface area contributed by atoms with Crippen LogP contribution in [0, 0.1) is 6.92 Å². The summed E-state index contributed by atoms with van der Waals surface area (Å²) in [6.07, 6.45) is 1.11. The first-order chi connectivity index (χ1) is 8.65. The highest BCUT2D eigenvalue weighted by molar-refractivity contribution is 5.76. The van der Waals surface area contributed by atoms with Gasteiger partial charge in [-0.05, 0) is 43.0 Å². The zero-order valence-corrected chi connectivity index (χ0v) is 10.2. The maximum Gasteiger partial charge on any atom is 0.323 e. The summed E-state index contributed by atoms with van der Waals surface area (Å²) >= 11 is 0. The second-order valence-electron chi connectivity index (χ2n) is 4.83. The Morgan fingerprint density at radius 1 is 1.39 bits per heavy atom. The lowest BCUT2D eigenvalue weighted by Crippen LogP contribution is -2.18. The van der Waals surface area contributed by atoms with Crippen molar-refractivity contribution < 1.29 is 9.84 Å². The maximum atomic E-state index is 11.2. The number of aliphatic hydroxyl groups excluding tert-OH is 1. The second kappa shape index (κ2) is 4.26. The van der Waals surface area contributed by atoms with Crippen molar-refractivity contribution in [3.8, 4) is 0 Å². The topological polar surface area (TPSA) is 78.1 Å². The molecule has 1 aromatic carbocycles. The number of H-pyrrole nitrogens is 2. The normalized spacial score (nSPS) is 21.6. The van der Waals surface area contributed by atoms with Crippen LogP contribution in [0.15, 0.2) is 16.9 Å². The number of nitrogens with one attached hydrogen (secondary N) is 2. The fourth-order valence-electron chi connectivity index (χ4n) is 2.58. The van der Waals surface area contributed by atoms with Gasteiger partial charge in [0, 0.05) is 6.61 Å². The Labute approximate surface area is 104 Å². The minimum Gasteiger partial charge on any atom is -0.386 e. The van der Waals surface area contributed by atoms with E-state index in [1.165, 1.54) is 0 Å². The van der Waals surface area contributed by atoms with Crippen LogP contribution in [-0.4, -0.2) is 27.8 Å². The Balaban J connectivity index is 2.04. The summed E-state index contributed by atoms with van der Waals surface area (Å²) in [6, 6.07) is 3.70. The Morgan fingerprint density at radius 3 is 2.78 bits per heavy atom. The monoisotopic (exact) mass is 248 g/mol. The molecule has 2 heterocycles. The molecule has 2 aromatic rings. The van der Waals surface area contributed by atoms with Gasteiger partial charge in [-0.2, -0.15) is 0 Å². The molecule has 0 amide bonds. The molecule has 3 rings (SSSR count). The molecule has 0 saturated carbocycles. The van der Waals surface area contributed by atoms with Crippen molar-refractivity contribution in [1.82, 2.24) is 9.97 Å². The van der Waals surface area contributed by atoms with E-state index in [9.17, 15) is 9.90 Å². The zero-order chi connectivity index (χ0) is 12.7. The van der Waals surface area contributed by atoms with Crippen LogP contribution in [0.4, 0.5) is 0 Å². The first-order valence-corrected chi connectivity index (χ1v) is 6.17. The lowest BCUT2D eigenvalue weighted by molar-refractivity contribution is -0.00282. The highest BCUT2D eigenvalue weighted by Crippen LogP contribution is 2.30. The summed E-state index contributed by atoms with van der Waals surface area (Å²) < 4.78 is 5.51. The van der Waals surface area contributed by atoms with E-state index < -0.39 is 6.10 Å². The minimum absolute atomic E-state index is 0.133. The number of ether oxygens (including phenoxy) is 1. The van der Waals surface area contributed by atoms with E-state index in [2.05, 4.69) is 9.97 Å². The van der Waals surface area contributed by atoms with E-state index in [1.807, 2.05) is 19.1 Å². The third-order valence-electron chi connectivity index (χ3n) is 3.54. The molecule has 3 N–H and O–H groups in total. The predicted molar refractivity (Wildman–Crippen MR) is 67.6 cm³/mol. The predicted octanol–water partition coefficient (Wildman–Crippen LogP) is 1.38. The molecular weight excluding hydrogens is 232 g/mol. The maximum absolute atomic E-state index is 11.2. The Morgan fingerprint density at radius 2 is 2.11 bits per heavy atom. The summed E-state index contributed by atoms with van der Waals surface area (Å²) in [5.74, 6) is 0. The van der Waals surface area contributed by atoms with Gasteiger partial charge in [-0.25, -0.2) is 4.79 Å². The molecule has 5 nitrogen and oxygen atoms in total. The molecule has 96 valence electrons. The molecule has 1 fully saturated rings. The number of benzene rings is 1. The van der Waals surface area contributed by atoms with Crippen molar-refractivity contribution in [2.24, 2.45) is 0 Å². The highest BCUT2D eigenvalue weighted by Gasteiger charge is 2.26. The quantitative estimate of drug-likeness (QED) is 0.751. The molecular formula is C13H16N2O3. The van der Waals surface area contributed by atoms with E-state index in [-0.39, 0.29) is 11.8 Å². The van der Waals surface area contributed by atoms with Crippen LogP contribution in [0.3, 0.4) is 0 Å². The number of aryl methyl sites for hydroxylation is 1. The van der Waals surface area contributed by atoms with Crippen LogP contribution in [0.5, 0.6) is 0 Å². The molecule has 2 atom stereocenters. The smallest absolute Gasteiger partial charge is 0.323 e. The third-order valence-corrected chi connectivity index (χ3v) is 3.54. The van der Waals surface area contributed by atoms with Crippen molar-refractivity contribution in [2.75, 3.05) is 6.61 Å². The number of aromatic nitrogens is 2. The van der Waals surface area contributed by atoms with Crippen LogP contribution >= 0.6 is 0 Å². The van der Waals surface area contributed by atoms with Gasteiger partial charge in [0.1, 0.15) is 6.10 Å². The fourth-order valence-corrected chi connectivity index (χ4v) is 2.58. The van der Waals surface area contributed by atoms with Gasteiger partial charge in [0.25, 0.3) is 0 Å². The number of hydrogen-bond donors (Lipinski definition) is 3. The summed E-state index contributed by atoms with van der Waals surface area (Å²) in [5.41, 5.74) is 3.04. The SMILES string of the molecule is Cc1cc2[nH]c(=O)[nH]c2cc1C(O)C1CCCO1. The van der Waals surface area contributed by atoms with Crippen molar-refractivity contribution >= 4 is 11.0 Å². The lowest BCUT2D eigenvalue weighted by atomic mass is 9.97. The van der Waals surface area contributed by atoms with Crippen molar-refractivity contribution in [2.45, 2.75) is 32.0 Å². The van der Waals surface area contributed by atoms with E-state index in [0.29, 0.717) is 6.61 Å². The number of aliphatic hydroxyl groups is 1. The Bertz CT molecular complexity index is 623. The molecule has 5 heteroatoms. The number of hydrogen-bond acceptors (Lipinski definition) is 3. The van der Waals surface area contributed by atoms with Crippen LogP contribution in [0.25, 0.3) is 11.0 Å². The van der Waals surface area contributed by atoms with Gasteiger partial charge in [-0.1, -0.05) is 0 Å². The summed E-state index contributed by atoms with van der Waals surface area (Å²) in [4.78, 5) is 16.7. The van der Waals surface area contributed by atoms with E-state index in [4.69, 9.17) is 4.74 Å². The molecule has 1 saturated heterocycles. The summed E-state index contributed by atoms with van der Waals surface area (Å²) in [6.45, 7) is 2.64. The number of imidazole rings is 1. The van der Waals surface area contributed by atoms with Gasteiger partial charge in [-0.3, -0.25) is 0 Å². The molecule has 0 aliphatic carbocycles. The fraction of sp³-hybridized carbons (Fsp3) is 0.462. The van der Waals surface area contributed by atoms with Crippen LogP contribution in [0.2, 0.25) is 0 Å². The zero-order valence-electron chi connectivity index (χ0n) is 10.2. The Kier molecular flexibility index (Phi) is 2.72. The van der Waals surface area contributed by atoms with Gasteiger partial charge in [0.05, 0.1) is 17.1 Å². The van der Waals surface area contributed by atoms with Crippen molar-refractivity contribution in [1.29, 1.82) is 0 Å². The van der Waals surface area contributed by atoms with Gasteiger partial charge in [0.15, 0.2) is 0 Å². The third kappa shape index (κ3) is 1.85. The van der Waals surface area contributed by atoms with Crippen LogP contribution in [0.1, 0.15) is 30.1 Å². The molecule has 18 heavy (non-hydrogen) atoms. The minimum atomic E-state index is -0.629. The van der Waals surface area contributed by atoms with E-state index >= 15 is 0 Å². The average molecular weight is 248 g/mol. The van der Waals surface area contributed by atoms with Gasteiger partial charge in [-0.15, -0.1) is 0 Å². The molecule has 1 aliphatic heterocycles. The first-order valence-electron chi connectivity index (χ1n) is 6.17. The van der Waals surface area contributed by atoms with Crippen molar-refractivity contribution in [3.63, 3.8) is 0 Å². The molecule has 1 aliphatic rings. The van der Waals surface area contributed by atoms with Crippen molar-refractivity contribution in [3.05, 3.63) is 33.7 Å². The number of aromatic amines is 2. The average Bonchev–Trinajstić information content (AvgIpc) is 2.94. The molecule has 2 unspecified atom stereocenters. The first kappa shape index (κ1) is 11.5. The lowest BCUT2D eigenvalue weighted by Gasteiger charge is -2.19. The molecule has 0 bridgehead atoms. The standard InChI is InChI=1S/C13H16N2O3/c1-7-5-9-10(15-13(17)14-9)6-8(7)12(16)11-3-2-4-18-11/h5-6,11-12,16H,2-4H2,1H3,(H2,14,15,17). The largest absolute Gasteiger partial charge is 0.386 e. The number of fused-ring (bicyclic) bond motifs is 1. The molecule has 0 radical (unpaired) electrons.